The maximum absolute atomic E-state index is 12.9. The van der Waals surface area contributed by atoms with Gasteiger partial charge in [0.15, 0.2) is 11.0 Å². The fraction of sp³-hybridized carbons (Fsp3) is 0.111. The van der Waals surface area contributed by atoms with Crippen molar-refractivity contribution in [3.05, 3.63) is 57.5 Å². The molecule has 1 fully saturated rings. The molecule has 26 heavy (non-hydrogen) atoms. The van der Waals surface area contributed by atoms with Gasteiger partial charge >= 0.3 is 0 Å². The highest BCUT2D eigenvalue weighted by atomic mass is 79.9. The number of halogens is 2. The number of hydrogen-bond acceptors (Lipinski definition) is 4. The van der Waals surface area contributed by atoms with Gasteiger partial charge in [-0.2, -0.15) is 0 Å². The number of hydrogen-bond donors (Lipinski definition) is 1. The molecule has 1 N–H and O–H groups in total. The Morgan fingerprint density at radius 3 is 2.62 bits per heavy atom. The van der Waals surface area contributed by atoms with Gasteiger partial charge in [-0.25, -0.2) is 0 Å². The highest BCUT2D eigenvalue weighted by Gasteiger charge is 2.38. The lowest BCUT2D eigenvalue weighted by Crippen LogP contribution is -2.58. The lowest BCUT2D eigenvalue weighted by Gasteiger charge is -2.30. The van der Waals surface area contributed by atoms with E-state index in [1.54, 1.807) is 36.4 Å². The summed E-state index contributed by atoms with van der Waals surface area (Å²) in [5, 5.41) is 3.13. The van der Waals surface area contributed by atoms with Crippen LogP contribution in [0, 0.1) is 12.8 Å². The first-order chi connectivity index (χ1) is 12.4. The fourth-order valence-corrected chi connectivity index (χ4v) is 3.16. The predicted molar refractivity (Wildman–Crippen MR) is 110 cm³/mol. The summed E-state index contributed by atoms with van der Waals surface area (Å²) in [6.07, 6.45) is 1.32. The zero-order chi connectivity index (χ0) is 18.8. The second kappa shape index (κ2) is 7.65. The minimum atomic E-state index is -1.08. The molecule has 0 bridgehead atoms. The molecule has 0 spiro atoms. The van der Waals surface area contributed by atoms with Crippen LogP contribution in [0.2, 0.25) is 5.02 Å². The number of aliphatic imine (C=N–C) groups is 1. The zero-order valence-corrected chi connectivity index (χ0v) is 16.7. The molecule has 0 aromatic heterocycles. The van der Waals surface area contributed by atoms with Crippen LogP contribution in [0.1, 0.15) is 5.56 Å². The summed E-state index contributed by atoms with van der Waals surface area (Å²) in [4.78, 5) is 30.7. The Kier molecular flexibility index (Phi) is 5.50. The first-order valence-corrected chi connectivity index (χ1v) is 9.19. The first-order valence-electron chi connectivity index (χ1n) is 7.61. The molecule has 0 aliphatic carbocycles. The van der Waals surface area contributed by atoms with Crippen molar-refractivity contribution in [2.24, 2.45) is 10.9 Å². The number of amides is 2. The van der Waals surface area contributed by atoms with E-state index in [2.05, 4.69) is 26.2 Å². The smallest absolute Gasteiger partial charge is 0.251 e. The Morgan fingerprint density at radius 2 is 1.92 bits per heavy atom. The average Bonchev–Trinajstić information content (AvgIpc) is 2.59. The molecule has 3 rings (SSSR count). The Labute approximate surface area is 169 Å². The summed E-state index contributed by atoms with van der Waals surface area (Å²) < 4.78 is 0.871. The Morgan fingerprint density at radius 1 is 1.23 bits per heavy atom. The monoisotopic (exact) mass is 449 g/mol. The summed E-state index contributed by atoms with van der Waals surface area (Å²) in [6, 6.07) is 12.3. The Bertz CT molecular complexity index is 931. The van der Waals surface area contributed by atoms with Crippen molar-refractivity contribution >= 4 is 74.3 Å². The van der Waals surface area contributed by atoms with Gasteiger partial charge in [-0.1, -0.05) is 33.6 Å². The molecule has 0 unspecified atom stereocenters. The van der Waals surface area contributed by atoms with Crippen molar-refractivity contribution in [1.29, 1.82) is 0 Å². The maximum Gasteiger partial charge on any atom is 0.251 e. The largest absolute Gasteiger partial charge is 0.301 e. The topological polar surface area (TPSA) is 61.8 Å². The third-order valence-electron chi connectivity index (χ3n) is 3.82. The molecular weight excluding hydrogens is 438 g/mol. The van der Waals surface area contributed by atoms with E-state index in [0.29, 0.717) is 16.4 Å². The zero-order valence-electron chi connectivity index (χ0n) is 13.6. The van der Waals surface area contributed by atoms with Crippen LogP contribution in [0.4, 0.5) is 11.4 Å². The van der Waals surface area contributed by atoms with E-state index in [-0.39, 0.29) is 5.11 Å². The second-order valence-corrected chi connectivity index (χ2v) is 7.37. The summed E-state index contributed by atoms with van der Waals surface area (Å²) in [5.41, 5.74) is 2.05. The molecule has 2 amide bonds. The number of nitrogens with zero attached hydrogens (tertiary/aromatic N) is 2. The van der Waals surface area contributed by atoms with Gasteiger partial charge < -0.3 is 5.32 Å². The lowest BCUT2D eigenvalue weighted by molar-refractivity contribution is -0.130. The molecule has 8 heteroatoms. The van der Waals surface area contributed by atoms with Gasteiger partial charge in [-0.3, -0.25) is 19.5 Å². The van der Waals surface area contributed by atoms with Gasteiger partial charge in [-0.05, 0) is 61.1 Å². The molecular formula is C18H13BrClN3O2S. The van der Waals surface area contributed by atoms with Gasteiger partial charge in [0, 0.05) is 15.7 Å². The van der Waals surface area contributed by atoms with E-state index in [1.807, 2.05) is 13.0 Å². The van der Waals surface area contributed by atoms with E-state index >= 15 is 0 Å². The summed E-state index contributed by atoms with van der Waals surface area (Å²) in [6.45, 7) is 1.87. The van der Waals surface area contributed by atoms with Crippen LogP contribution < -0.4 is 10.2 Å². The van der Waals surface area contributed by atoms with Crippen molar-refractivity contribution in [2.45, 2.75) is 6.92 Å². The number of rotatable bonds is 3. The van der Waals surface area contributed by atoms with Crippen molar-refractivity contribution in [1.82, 2.24) is 5.32 Å². The molecule has 2 aromatic carbocycles. The van der Waals surface area contributed by atoms with E-state index < -0.39 is 17.7 Å². The molecule has 1 heterocycles. The normalized spacial score (nSPS) is 17.7. The van der Waals surface area contributed by atoms with Gasteiger partial charge in [0.2, 0.25) is 5.91 Å². The van der Waals surface area contributed by atoms with Crippen molar-refractivity contribution in [3.8, 4) is 0 Å². The minimum absolute atomic E-state index is 0.0471. The van der Waals surface area contributed by atoms with Gasteiger partial charge in [0.05, 0.1) is 11.4 Å². The van der Waals surface area contributed by atoms with Crippen LogP contribution in [0.15, 0.2) is 51.9 Å². The van der Waals surface area contributed by atoms with E-state index in [9.17, 15) is 9.59 Å². The lowest BCUT2D eigenvalue weighted by atomic mass is 10.1. The van der Waals surface area contributed by atoms with Crippen LogP contribution in [-0.2, 0) is 9.59 Å². The molecule has 0 saturated carbocycles. The molecule has 1 aliphatic heterocycles. The van der Waals surface area contributed by atoms with Gasteiger partial charge in [0.1, 0.15) is 0 Å². The maximum atomic E-state index is 12.9. The quantitative estimate of drug-likeness (QED) is 0.433. The summed E-state index contributed by atoms with van der Waals surface area (Å²) >= 11 is 14.5. The molecule has 1 saturated heterocycles. The molecule has 1 atom stereocenters. The van der Waals surface area contributed by atoms with Crippen LogP contribution >= 0.6 is 39.7 Å². The highest BCUT2D eigenvalue weighted by Crippen LogP contribution is 2.25. The molecule has 2 aromatic rings. The third kappa shape index (κ3) is 3.85. The van der Waals surface area contributed by atoms with E-state index in [1.165, 1.54) is 11.1 Å². The number of benzene rings is 2. The number of anilines is 1. The van der Waals surface area contributed by atoms with Crippen molar-refractivity contribution < 1.29 is 9.59 Å². The first kappa shape index (κ1) is 18.7. The molecule has 132 valence electrons. The van der Waals surface area contributed by atoms with E-state index in [4.69, 9.17) is 23.8 Å². The highest BCUT2D eigenvalue weighted by molar-refractivity contribution is 9.10. The second-order valence-electron chi connectivity index (χ2n) is 5.63. The third-order valence-corrected chi connectivity index (χ3v) is 4.87. The van der Waals surface area contributed by atoms with Gasteiger partial charge in [-0.15, -0.1) is 0 Å². The molecule has 5 nitrogen and oxygen atoms in total. The average molecular weight is 451 g/mol. The van der Waals surface area contributed by atoms with Crippen molar-refractivity contribution in [3.63, 3.8) is 0 Å². The standard InChI is InChI=1S/C18H13BrClN3O2S/c1-10-2-5-12(20)8-15(10)21-9-14-16(24)22-18(26)23(17(14)25)13-6-3-11(19)4-7-13/h2-9,14H,1H3,(H,22,24,26)/t14-/m1/s1. The summed E-state index contributed by atoms with van der Waals surface area (Å²) in [5.74, 6) is -2.04. The Balaban J connectivity index is 1.91. The van der Waals surface area contributed by atoms with E-state index in [0.717, 1.165) is 10.0 Å². The fourth-order valence-electron chi connectivity index (χ4n) is 2.43. The SMILES string of the molecule is Cc1ccc(Cl)cc1N=C[C@@H]1C(=O)NC(=S)N(c2ccc(Br)cc2)C1=O. The van der Waals surface area contributed by atoms with Gasteiger partial charge in [0.25, 0.3) is 5.91 Å². The summed E-state index contributed by atoms with van der Waals surface area (Å²) in [7, 11) is 0. The van der Waals surface area contributed by atoms with Crippen molar-refractivity contribution in [2.75, 3.05) is 4.90 Å². The van der Waals surface area contributed by atoms with Crippen LogP contribution in [-0.4, -0.2) is 23.1 Å². The number of carbonyl (C=O) groups is 2. The molecule has 0 radical (unpaired) electrons. The number of carbonyl (C=O) groups excluding carboxylic acids is 2. The number of aryl methyl sites for hydroxylation is 1. The van der Waals surface area contributed by atoms with Crippen LogP contribution in [0.3, 0.4) is 0 Å². The predicted octanol–water partition coefficient (Wildman–Crippen LogP) is 4.18. The van der Waals surface area contributed by atoms with Crippen LogP contribution in [0.25, 0.3) is 0 Å². The minimum Gasteiger partial charge on any atom is -0.301 e. The number of thiocarbonyl (C=S) groups is 1. The van der Waals surface area contributed by atoms with Crippen LogP contribution in [0.5, 0.6) is 0 Å². The Hall–Kier alpha value is -2.09. The molecule has 1 aliphatic rings. The number of nitrogens with one attached hydrogen (secondary N) is 1.